The molecule has 0 heterocycles. The van der Waals surface area contributed by atoms with Crippen molar-refractivity contribution in [3.63, 3.8) is 0 Å². The van der Waals surface area contributed by atoms with Crippen LogP contribution in [0.3, 0.4) is 0 Å². The Balaban J connectivity index is 2.94. The van der Waals surface area contributed by atoms with E-state index in [0.29, 0.717) is 22.1 Å². The van der Waals surface area contributed by atoms with Gasteiger partial charge in [-0.05, 0) is 47.0 Å². The van der Waals surface area contributed by atoms with Crippen LogP contribution in [0, 0.1) is 12.7 Å². The summed E-state index contributed by atoms with van der Waals surface area (Å²) in [5.41, 5.74) is 0.946. The lowest BCUT2D eigenvalue weighted by molar-refractivity contribution is 0.0953. The Bertz CT molecular complexity index is 379. The lowest BCUT2D eigenvalue weighted by Crippen LogP contribution is -2.24. The normalized spacial score (nSPS) is 10.1. The predicted molar refractivity (Wildman–Crippen MR) is 61.5 cm³/mol. The number of halogens is 2. The zero-order valence-corrected chi connectivity index (χ0v) is 10.3. The molecular formula is C11H13BrFNO. The SMILES string of the molecule is CCCNC(=O)c1cc(C)c(F)cc1Br. The summed E-state index contributed by atoms with van der Waals surface area (Å²) in [6.45, 7) is 4.24. The van der Waals surface area contributed by atoms with E-state index in [2.05, 4.69) is 21.2 Å². The fourth-order valence-corrected chi connectivity index (χ4v) is 1.66. The summed E-state index contributed by atoms with van der Waals surface area (Å²) in [6.07, 6.45) is 0.879. The first-order valence-corrected chi connectivity index (χ1v) is 5.59. The van der Waals surface area contributed by atoms with E-state index in [0.717, 1.165) is 6.42 Å². The molecule has 1 aromatic carbocycles. The van der Waals surface area contributed by atoms with Gasteiger partial charge in [-0.25, -0.2) is 4.39 Å². The van der Waals surface area contributed by atoms with Crippen LogP contribution >= 0.6 is 15.9 Å². The molecule has 1 rings (SSSR count). The van der Waals surface area contributed by atoms with Gasteiger partial charge in [0.1, 0.15) is 5.82 Å². The van der Waals surface area contributed by atoms with Crippen LogP contribution < -0.4 is 5.32 Å². The second-order valence-electron chi connectivity index (χ2n) is 3.34. The summed E-state index contributed by atoms with van der Waals surface area (Å²) in [6, 6.07) is 2.86. The van der Waals surface area contributed by atoms with Crippen LogP contribution in [-0.2, 0) is 0 Å². The zero-order valence-electron chi connectivity index (χ0n) is 8.73. The third kappa shape index (κ3) is 3.02. The highest BCUT2D eigenvalue weighted by Gasteiger charge is 2.11. The smallest absolute Gasteiger partial charge is 0.252 e. The maximum absolute atomic E-state index is 13.1. The molecule has 0 aromatic heterocycles. The van der Waals surface area contributed by atoms with Crippen LogP contribution in [0.4, 0.5) is 4.39 Å². The fourth-order valence-electron chi connectivity index (χ4n) is 1.17. The van der Waals surface area contributed by atoms with Crippen molar-refractivity contribution in [3.8, 4) is 0 Å². The molecule has 0 aliphatic rings. The molecule has 0 aliphatic carbocycles. The number of hydrogen-bond acceptors (Lipinski definition) is 1. The molecule has 0 saturated heterocycles. The zero-order chi connectivity index (χ0) is 11.4. The Morgan fingerprint density at radius 3 is 2.80 bits per heavy atom. The highest BCUT2D eigenvalue weighted by Crippen LogP contribution is 2.20. The maximum atomic E-state index is 13.1. The van der Waals surface area contributed by atoms with Gasteiger partial charge in [-0.15, -0.1) is 0 Å². The number of aryl methyl sites for hydroxylation is 1. The van der Waals surface area contributed by atoms with Crippen molar-refractivity contribution in [3.05, 3.63) is 33.5 Å². The van der Waals surface area contributed by atoms with Crippen molar-refractivity contribution in [2.45, 2.75) is 20.3 Å². The summed E-state index contributed by atoms with van der Waals surface area (Å²) >= 11 is 3.17. The van der Waals surface area contributed by atoms with E-state index in [4.69, 9.17) is 0 Å². The van der Waals surface area contributed by atoms with Crippen molar-refractivity contribution >= 4 is 21.8 Å². The highest BCUT2D eigenvalue weighted by atomic mass is 79.9. The monoisotopic (exact) mass is 273 g/mol. The summed E-state index contributed by atoms with van der Waals surface area (Å²) in [5, 5.41) is 2.74. The van der Waals surface area contributed by atoms with Gasteiger partial charge in [0, 0.05) is 11.0 Å². The molecule has 0 fully saturated rings. The molecule has 0 radical (unpaired) electrons. The third-order valence-electron chi connectivity index (χ3n) is 2.03. The van der Waals surface area contributed by atoms with Gasteiger partial charge >= 0.3 is 0 Å². The van der Waals surface area contributed by atoms with E-state index in [1.165, 1.54) is 6.07 Å². The van der Waals surface area contributed by atoms with E-state index < -0.39 is 0 Å². The predicted octanol–water partition coefficient (Wildman–Crippen LogP) is 3.04. The van der Waals surface area contributed by atoms with Crippen LogP contribution in [0.5, 0.6) is 0 Å². The van der Waals surface area contributed by atoms with E-state index in [1.807, 2.05) is 6.92 Å². The third-order valence-corrected chi connectivity index (χ3v) is 2.68. The highest BCUT2D eigenvalue weighted by molar-refractivity contribution is 9.10. The lowest BCUT2D eigenvalue weighted by Gasteiger charge is -2.07. The van der Waals surface area contributed by atoms with Gasteiger partial charge in [0.15, 0.2) is 0 Å². The number of carbonyl (C=O) groups is 1. The topological polar surface area (TPSA) is 29.1 Å². The van der Waals surface area contributed by atoms with Gasteiger partial charge in [0.05, 0.1) is 5.56 Å². The quantitative estimate of drug-likeness (QED) is 0.901. The molecule has 0 bridgehead atoms. The molecule has 2 nitrogen and oxygen atoms in total. The minimum atomic E-state index is -0.311. The number of nitrogens with one attached hydrogen (secondary N) is 1. The first-order chi connectivity index (χ1) is 7.06. The van der Waals surface area contributed by atoms with Gasteiger partial charge < -0.3 is 5.32 Å². The van der Waals surface area contributed by atoms with Crippen LogP contribution in [0.25, 0.3) is 0 Å². The van der Waals surface area contributed by atoms with Gasteiger partial charge in [-0.3, -0.25) is 4.79 Å². The second-order valence-corrected chi connectivity index (χ2v) is 4.19. The first-order valence-electron chi connectivity index (χ1n) is 4.80. The van der Waals surface area contributed by atoms with Gasteiger partial charge in [0.25, 0.3) is 5.91 Å². The van der Waals surface area contributed by atoms with Gasteiger partial charge in [-0.2, -0.15) is 0 Å². The molecule has 15 heavy (non-hydrogen) atoms. The lowest BCUT2D eigenvalue weighted by atomic mass is 10.1. The Hall–Kier alpha value is -0.900. The van der Waals surface area contributed by atoms with E-state index >= 15 is 0 Å². The number of carbonyl (C=O) groups excluding carboxylic acids is 1. The van der Waals surface area contributed by atoms with Crippen molar-refractivity contribution in [2.24, 2.45) is 0 Å². The van der Waals surface area contributed by atoms with Crippen molar-refractivity contribution in [1.82, 2.24) is 5.32 Å². The summed E-state index contributed by atoms with van der Waals surface area (Å²) in [4.78, 5) is 11.6. The summed E-state index contributed by atoms with van der Waals surface area (Å²) in [7, 11) is 0. The van der Waals surface area contributed by atoms with Crippen LogP contribution in [0.1, 0.15) is 29.3 Å². The average Bonchev–Trinajstić information content (AvgIpc) is 2.20. The molecule has 0 saturated carbocycles. The second kappa shape index (κ2) is 5.26. The molecule has 0 unspecified atom stereocenters. The van der Waals surface area contributed by atoms with Crippen molar-refractivity contribution in [2.75, 3.05) is 6.54 Å². The molecule has 0 aliphatic heterocycles. The Labute approximate surface area is 97.0 Å². The summed E-state index contributed by atoms with van der Waals surface area (Å²) < 4.78 is 13.6. The standard InChI is InChI=1S/C11H13BrFNO/c1-3-4-14-11(15)8-5-7(2)10(13)6-9(8)12/h5-6H,3-4H2,1-2H3,(H,14,15). The van der Waals surface area contributed by atoms with E-state index in [9.17, 15) is 9.18 Å². The van der Waals surface area contributed by atoms with Crippen LogP contribution in [0.15, 0.2) is 16.6 Å². The number of amides is 1. The molecule has 1 amide bonds. The Morgan fingerprint density at radius 2 is 2.20 bits per heavy atom. The summed E-state index contributed by atoms with van der Waals surface area (Å²) in [5.74, 6) is -0.485. The Kier molecular flexibility index (Phi) is 4.27. The first kappa shape index (κ1) is 12.2. The fraction of sp³-hybridized carbons (Fsp3) is 0.364. The minimum Gasteiger partial charge on any atom is -0.352 e. The molecule has 0 atom stereocenters. The van der Waals surface area contributed by atoms with E-state index in [1.54, 1.807) is 13.0 Å². The largest absolute Gasteiger partial charge is 0.352 e. The van der Waals surface area contributed by atoms with Crippen LogP contribution in [0.2, 0.25) is 0 Å². The number of hydrogen-bond donors (Lipinski definition) is 1. The molecule has 1 aromatic rings. The Morgan fingerprint density at radius 1 is 1.53 bits per heavy atom. The number of benzene rings is 1. The molecule has 4 heteroatoms. The number of rotatable bonds is 3. The maximum Gasteiger partial charge on any atom is 0.252 e. The van der Waals surface area contributed by atoms with Crippen LogP contribution in [-0.4, -0.2) is 12.5 Å². The van der Waals surface area contributed by atoms with E-state index in [-0.39, 0.29) is 11.7 Å². The van der Waals surface area contributed by atoms with Crippen molar-refractivity contribution < 1.29 is 9.18 Å². The molecule has 82 valence electrons. The minimum absolute atomic E-state index is 0.174. The molecular weight excluding hydrogens is 261 g/mol. The van der Waals surface area contributed by atoms with Gasteiger partial charge in [0.2, 0.25) is 0 Å². The molecule has 1 N–H and O–H groups in total. The molecule has 0 spiro atoms. The van der Waals surface area contributed by atoms with Crippen molar-refractivity contribution in [1.29, 1.82) is 0 Å². The average molecular weight is 274 g/mol. The van der Waals surface area contributed by atoms with Gasteiger partial charge in [-0.1, -0.05) is 6.92 Å².